The van der Waals surface area contributed by atoms with Gasteiger partial charge in [-0.15, -0.1) is 5.10 Å². The highest BCUT2D eigenvalue weighted by Gasteiger charge is 2.19. The van der Waals surface area contributed by atoms with E-state index < -0.39 is 0 Å². The monoisotopic (exact) mass is 256 g/mol. The predicted octanol–water partition coefficient (Wildman–Crippen LogP) is 0.987. The number of methoxy groups -OCH3 is 2. The van der Waals surface area contributed by atoms with Gasteiger partial charge in [0.05, 0.1) is 18.4 Å². The molecule has 0 fully saturated rings. The molecule has 2 unspecified atom stereocenters. The first-order chi connectivity index (χ1) is 8.63. The Morgan fingerprint density at radius 3 is 2.61 bits per heavy atom. The van der Waals surface area contributed by atoms with Gasteiger partial charge in [0.1, 0.15) is 5.69 Å². The van der Waals surface area contributed by atoms with E-state index in [1.165, 1.54) is 0 Å². The highest BCUT2D eigenvalue weighted by Crippen LogP contribution is 2.19. The van der Waals surface area contributed by atoms with E-state index in [1.54, 1.807) is 14.2 Å². The van der Waals surface area contributed by atoms with Crippen LogP contribution in [0, 0.1) is 5.92 Å². The molecular weight excluding hydrogens is 232 g/mol. The SMILES string of the molecule is CNCc1nnn(CC(C)COC)c1C(C)OC. The smallest absolute Gasteiger partial charge is 0.102 e. The molecule has 0 aliphatic rings. The van der Waals surface area contributed by atoms with Crippen molar-refractivity contribution < 1.29 is 9.47 Å². The topological polar surface area (TPSA) is 61.2 Å². The van der Waals surface area contributed by atoms with Crippen LogP contribution >= 0.6 is 0 Å². The van der Waals surface area contributed by atoms with Gasteiger partial charge in [-0.2, -0.15) is 0 Å². The molecule has 18 heavy (non-hydrogen) atoms. The van der Waals surface area contributed by atoms with E-state index in [0.29, 0.717) is 19.1 Å². The summed E-state index contributed by atoms with van der Waals surface area (Å²) in [7, 11) is 5.31. The molecule has 0 bridgehead atoms. The van der Waals surface area contributed by atoms with Crippen molar-refractivity contribution >= 4 is 0 Å². The molecule has 0 aliphatic heterocycles. The molecule has 1 rings (SSSR count). The number of hydrogen-bond acceptors (Lipinski definition) is 5. The van der Waals surface area contributed by atoms with Crippen molar-refractivity contribution in [3.63, 3.8) is 0 Å². The summed E-state index contributed by atoms with van der Waals surface area (Å²) in [4.78, 5) is 0. The molecule has 1 aromatic heterocycles. The van der Waals surface area contributed by atoms with Crippen LogP contribution in [-0.2, 0) is 22.6 Å². The minimum absolute atomic E-state index is 0.0157. The maximum Gasteiger partial charge on any atom is 0.102 e. The predicted molar refractivity (Wildman–Crippen MR) is 69.2 cm³/mol. The highest BCUT2D eigenvalue weighted by molar-refractivity contribution is 5.13. The Bertz CT molecular complexity index is 354. The fourth-order valence-corrected chi connectivity index (χ4v) is 1.97. The number of aromatic nitrogens is 3. The Balaban J connectivity index is 2.89. The molecule has 1 heterocycles. The Hall–Kier alpha value is -0.980. The van der Waals surface area contributed by atoms with E-state index in [2.05, 4.69) is 22.6 Å². The maximum absolute atomic E-state index is 5.40. The summed E-state index contributed by atoms with van der Waals surface area (Å²) in [6.45, 7) is 6.33. The lowest BCUT2D eigenvalue weighted by molar-refractivity contribution is 0.106. The molecule has 0 aliphatic carbocycles. The van der Waals surface area contributed by atoms with Crippen molar-refractivity contribution in [3.8, 4) is 0 Å². The van der Waals surface area contributed by atoms with Crippen molar-refractivity contribution in [2.75, 3.05) is 27.9 Å². The van der Waals surface area contributed by atoms with Crippen LogP contribution < -0.4 is 5.32 Å². The summed E-state index contributed by atoms with van der Waals surface area (Å²) in [6.07, 6.45) is -0.0157. The first kappa shape index (κ1) is 15.1. The van der Waals surface area contributed by atoms with E-state index in [1.807, 2.05) is 18.7 Å². The third-order valence-corrected chi connectivity index (χ3v) is 2.87. The normalized spacial score (nSPS) is 14.7. The zero-order valence-electron chi connectivity index (χ0n) is 11.9. The van der Waals surface area contributed by atoms with Gasteiger partial charge in [0.15, 0.2) is 0 Å². The molecule has 0 amide bonds. The van der Waals surface area contributed by atoms with Gasteiger partial charge in [-0.25, -0.2) is 4.68 Å². The number of ether oxygens (including phenoxy) is 2. The molecule has 0 saturated carbocycles. The standard InChI is InChI=1S/C12H24N4O2/c1-9(8-17-4)7-16-12(10(2)18-5)11(6-13-3)14-15-16/h9-10,13H,6-8H2,1-5H3. The molecule has 1 aromatic rings. The van der Waals surface area contributed by atoms with Crippen LogP contribution in [0.1, 0.15) is 31.3 Å². The second-order valence-electron chi connectivity index (χ2n) is 4.57. The van der Waals surface area contributed by atoms with Gasteiger partial charge in [-0.05, 0) is 19.9 Å². The van der Waals surface area contributed by atoms with E-state index in [0.717, 1.165) is 17.9 Å². The fraction of sp³-hybridized carbons (Fsp3) is 0.833. The number of rotatable bonds is 8. The van der Waals surface area contributed by atoms with Crippen molar-refractivity contribution in [1.82, 2.24) is 20.3 Å². The lowest BCUT2D eigenvalue weighted by atomic mass is 10.1. The molecular formula is C12H24N4O2. The van der Waals surface area contributed by atoms with Crippen LogP contribution in [0.3, 0.4) is 0 Å². The van der Waals surface area contributed by atoms with Gasteiger partial charge in [0.2, 0.25) is 0 Å². The number of nitrogens with one attached hydrogen (secondary N) is 1. The van der Waals surface area contributed by atoms with Crippen molar-refractivity contribution in [2.45, 2.75) is 33.0 Å². The molecule has 104 valence electrons. The zero-order valence-corrected chi connectivity index (χ0v) is 11.9. The maximum atomic E-state index is 5.40. The first-order valence-electron chi connectivity index (χ1n) is 6.22. The summed E-state index contributed by atoms with van der Waals surface area (Å²) in [5, 5.41) is 11.5. The Morgan fingerprint density at radius 1 is 1.33 bits per heavy atom. The quantitative estimate of drug-likeness (QED) is 0.751. The van der Waals surface area contributed by atoms with Crippen LogP contribution in [0.4, 0.5) is 0 Å². The fourth-order valence-electron chi connectivity index (χ4n) is 1.97. The van der Waals surface area contributed by atoms with E-state index >= 15 is 0 Å². The summed E-state index contributed by atoms with van der Waals surface area (Å²) in [5.41, 5.74) is 1.98. The zero-order chi connectivity index (χ0) is 13.5. The van der Waals surface area contributed by atoms with Gasteiger partial charge < -0.3 is 14.8 Å². The van der Waals surface area contributed by atoms with Crippen LogP contribution in [0.15, 0.2) is 0 Å². The summed E-state index contributed by atoms with van der Waals surface area (Å²) in [5.74, 6) is 0.391. The highest BCUT2D eigenvalue weighted by atomic mass is 16.5. The van der Waals surface area contributed by atoms with Gasteiger partial charge in [-0.3, -0.25) is 0 Å². The lowest BCUT2D eigenvalue weighted by Crippen LogP contribution is -2.18. The van der Waals surface area contributed by atoms with Crippen LogP contribution in [-0.4, -0.2) is 42.9 Å². The summed E-state index contributed by atoms with van der Waals surface area (Å²) < 4.78 is 12.5. The average molecular weight is 256 g/mol. The van der Waals surface area contributed by atoms with Crippen molar-refractivity contribution in [1.29, 1.82) is 0 Å². The van der Waals surface area contributed by atoms with Crippen LogP contribution in [0.5, 0.6) is 0 Å². The number of nitrogens with zero attached hydrogens (tertiary/aromatic N) is 3. The van der Waals surface area contributed by atoms with Gasteiger partial charge in [-0.1, -0.05) is 12.1 Å². The molecule has 0 saturated heterocycles. The Kier molecular flexibility index (Phi) is 6.24. The molecule has 0 radical (unpaired) electrons. The molecule has 6 heteroatoms. The lowest BCUT2D eigenvalue weighted by Gasteiger charge is -2.16. The Morgan fingerprint density at radius 2 is 2.06 bits per heavy atom. The van der Waals surface area contributed by atoms with E-state index in [-0.39, 0.29) is 6.10 Å². The van der Waals surface area contributed by atoms with Crippen LogP contribution in [0.2, 0.25) is 0 Å². The van der Waals surface area contributed by atoms with Crippen molar-refractivity contribution in [2.24, 2.45) is 5.92 Å². The Labute approximate surface area is 109 Å². The average Bonchev–Trinajstić information content (AvgIpc) is 2.72. The van der Waals surface area contributed by atoms with Crippen molar-refractivity contribution in [3.05, 3.63) is 11.4 Å². The van der Waals surface area contributed by atoms with Crippen LogP contribution in [0.25, 0.3) is 0 Å². The summed E-state index contributed by atoms with van der Waals surface area (Å²) in [6, 6.07) is 0. The molecule has 2 atom stereocenters. The second-order valence-corrected chi connectivity index (χ2v) is 4.57. The minimum atomic E-state index is -0.0157. The minimum Gasteiger partial charge on any atom is -0.384 e. The van der Waals surface area contributed by atoms with E-state index in [9.17, 15) is 0 Å². The molecule has 0 spiro atoms. The largest absolute Gasteiger partial charge is 0.384 e. The first-order valence-corrected chi connectivity index (χ1v) is 6.22. The number of hydrogen-bond donors (Lipinski definition) is 1. The van der Waals surface area contributed by atoms with Gasteiger partial charge in [0.25, 0.3) is 0 Å². The van der Waals surface area contributed by atoms with E-state index in [4.69, 9.17) is 9.47 Å². The molecule has 1 N–H and O–H groups in total. The third-order valence-electron chi connectivity index (χ3n) is 2.87. The van der Waals surface area contributed by atoms with Gasteiger partial charge in [0, 0.05) is 27.3 Å². The molecule has 0 aromatic carbocycles. The molecule has 6 nitrogen and oxygen atoms in total. The summed E-state index contributed by atoms with van der Waals surface area (Å²) >= 11 is 0. The third kappa shape index (κ3) is 3.76. The van der Waals surface area contributed by atoms with Gasteiger partial charge >= 0.3 is 0 Å². The second kappa shape index (κ2) is 7.45.